The third-order valence-corrected chi connectivity index (χ3v) is 2.83. The number of aromatic nitrogens is 2. The quantitative estimate of drug-likeness (QED) is 0.757. The van der Waals surface area contributed by atoms with E-state index < -0.39 is 11.3 Å². The molecule has 0 saturated heterocycles. The van der Waals surface area contributed by atoms with Gasteiger partial charge in [-0.3, -0.25) is 14.3 Å². The maximum atomic E-state index is 11.8. The molecule has 0 aliphatic carbocycles. The SMILES string of the molecule is CC(C)(CCl)C(=O)Nc1cnn(CC(N)=O)c1. The van der Waals surface area contributed by atoms with Gasteiger partial charge in [0.25, 0.3) is 0 Å². The van der Waals surface area contributed by atoms with Gasteiger partial charge in [-0.25, -0.2) is 0 Å². The summed E-state index contributed by atoms with van der Waals surface area (Å²) >= 11 is 5.69. The van der Waals surface area contributed by atoms with Crippen molar-refractivity contribution in [2.75, 3.05) is 11.2 Å². The minimum absolute atomic E-state index is 0.0191. The van der Waals surface area contributed by atoms with E-state index in [-0.39, 0.29) is 18.3 Å². The first-order chi connectivity index (χ1) is 7.85. The number of carbonyl (C=O) groups is 2. The molecule has 0 aromatic carbocycles. The number of hydrogen-bond acceptors (Lipinski definition) is 3. The van der Waals surface area contributed by atoms with Gasteiger partial charge in [0.05, 0.1) is 17.3 Å². The molecule has 1 aromatic rings. The summed E-state index contributed by atoms with van der Waals surface area (Å²) in [6, 6.07) is 0. The van der Waals surface area contributed by atoms with E-state index in [4.69, 9.17) is 17.3 Å². The van der Waals surface area contributed by atoms with Crippen LogP contribution in [-0.4, -0.2) is 27.5 Å². The van der Waals surface area contributed by atoms with Gasteiger partial charge < -0.3 is 11.1 Å². The van der Waals surface area contributed by atoms with Gasteiger partial charge in [-0.05, 0) is 13.8 Å². The van der Waals surface area contributed by atoms with E-state index in [9.17, 15) is 9.59 Å². The van der Waals surface area contributed by atoms with Crippen molar-refractivity contribution in [3.05, 3.63) is 12.4 Å². The van der Waals surface area contributed by atoms with Crippen LogP contribution in [0, 0.1) is 5.41 Å². The minimum Gasteiger partial charge on any atom is -0.368 e. The molecule has 1 aromatic heterocycles. The molecule has 0 saturated carbocycles. The van der Waals surface area contributed by atoms with Crippen LogP contribution >= 0.6 is 11.6 Å². The van der Waals surface area contributed by atoms with E-state index in [0.717, 1.165) is 0 Å². The summed E-state index contributed by atoms with van der Waals surface area (Å²) in [4.78, 5) is 22.4. The summed E-state index contributed by atoms with van der Waals surface area (Å²) in [7, 11) is 0. The van der Waals surface area contributed by atoms with E-state index in [1.54, 1.807) is 13.8 Å². The molecular weight excluding hydrogens is 244 g/mol. The van der Waals surface area contributed by atoms with Crippen LogP contribution in [0.4, 0.5) is 5.69 Å². The molecule has 1 rings (SSSR count). The molecule has 0 unspecified atom stereocenters. The van der Waals surface area contributed by atoms with Crippen molar-refractivity contribution in [2.24, 2.45) is 11.1 Å². The zero-order valence-corrected chi connectivity index (χ0v) is 10.5. The molecule has 6 nitrogen and oxygen atoms in total. The molecule has 7 heteroatoms. The Morgan fingerprint density at radius 3 is 2.76 bits per heavy atom. The van der Waals surface area contributed by atoms with Crippen molar-refractivity contribution in [1.82, 2.24) is 9.78 Å². The normalized spacial score (nSPS) is 11.2. The van der Waals surface area contributed by atoms with Gasteiger partial charge in [0.15, 0.2) is 0 Å². The van der Waals surface area contributed by atoms with Crippen molar-refractivity contribution in [1.29, 1.82) is 0 Å². The summed E-state index contributed by atoms with van der Waals surface area (Å²) in [5.74, 6) is -0.480. The van der Waals surface area contributed by atoms with Crippen LogP contribution in [-0.2, 0) is 16.1 Å². The predicted molar refractivity (Wildman–Crippen MR) is 64.6 cm³/mol. The molecule has 17 heavy (non-hydrogen) atoms. The molecule has 0 aliphatic rings. The van der Waals surface area contributed by atoms with Gasteiger partial charge in [-0.1, -0.05) is 0 Å². The lowest BCUT2D eigenvalue weighted by Crippen LogP contribution is -2.32. The third-order valence-electron chi connectivity index (χ3n) is 2.16. The zero-order valence-electron chi connectivity index (χ0n) is 9.74. The van der Waals surface area contributed by atoms with Crippen molar-refractivity contribution in [2.45, 2.75) is 20.4 Å². The first-order valence-electron chi connectivity index (χ1n) is 5.03. The van der Waals surface area contributed by atoms with Crippen molar-refractivity contribution in [3.8, 4) is 0 Å². The summed E-state index contributed by atoms with van der Waals surface area (Å²) in [5, 5.41) is 6.55. The first kappa shape index (κ1) is 13.5. The van der Waals surface area contributed by atoms with Crippen LogP contribution in [0.15, 0.2) is 12.4 Å². The summed E-state index contributed by atoms with van der Waals surface area (Å²) in [6.07, 6.45) is 2.98. The number of hydrogen-bond donors (Lipinski definition) is 2. The maximum absolute atomic E-state index is 11.8. The van der Waals surface area contributed by atoms with E-state index in [2.05, 4.69) is 10.4 Å². The molecule has 0 spiro atoms. The number of carbonyl (C=O) groups excluding carboxylic acids is 2. The maximum Gasteiger partial charge on any atom is 0.239 e. The van der Waals surface area contributed by atoms with Crippen molar-refractivity contribution < 1.29 is 9.59 Å². The number of nitrogens with one attached hydrogen (secondary N) is 1. The lowest BCUT2D eigenvalue weighted by atomic mass is 9.95. The Hall–Kier alpha value is -1.56. The summed E-state index contributed by atoms with van der Waals surface area (Å²) < 4.78 is 1.35. The highest BCUT2D eigenvalue weighted by molar-refractivity contribution is 6.20. The number of alkyl halides is 1. The second-order valence-corrected chi connectivity index (χ2v) is 4.63. The predicted octanol–water partition coefficient (Wildman–Crippen LogP) is 0.572. The number of rotatable bonds is 5. The van der Waals surface area contributed by atoms with E-state index >= 15 is 0 Å². The fourth-order valence-electron chi connectivity index (χ4n) is 1.04. The first-order valence-corrected chi connectivity index (χ1v) is 5.57. The topological polar surface area (TPSA) is 90.0 Å². The van der Waals surface area contributed by atoms with Crippen molar-refractivity contribution >= 4 is 29.1 Å². The van der Waals surface area contributed by atoms with Gasteiger partial charge in [0.2, 0.25) is 11.8 Å². The average Bonchev–Trinajstić information content (AvgIpc) is 2.64. The molecule has 0 bridgehead atoms. The third kappa shape index (κ3) is 3.74. The number of primary amides is 1. The summed E-state index contributed by atoms with van der Waals surface area (Å²) in [5.41, 5.74) is 4.87. The highest BCUT2D eigenvalue weighted by atomic mass is 35.5. The number of nitrogens with two attached hydrogens (primary N) is 1. The molecule has 2 amide bonds. The van der Waals surface area contributed by atoms with Crippen LogP contribution in [0.25, 0.3) is 0 Å². The molecule has 94 valence electrons. The molecule has 0 radical (unpaired) electrons. The van der Waals surface area contributed by atoms with Crippen LogP contribution in [0.3, 0.4) is 0 Å². The number of nitrogens with zero attached hydrogens (tertiary/aromatic N) is 2. The van der Waals surface area contributed by atoms with Crippen LogP contribution < -0.4 is 11.1 Å². The van der Waals surface area contributed by atoms with Crippen LogP contribution in [0.1, 0.15) is 13.8 Å². The molecular formula is C10H15ClN4O2. The Kier molecular flexibility index (Phi) is 4.11. The van der Waals surface area contributed by atoms with Crippen LogP contribution in [0.5, 0.6) is 0 Å². The van der Waals surface area contributed by atoms with Gasteiger partial charge in [-0.15, -0.1) is 11.6 Å². The lowest BCUT2D eigenvalue weighted by molar-refractivity contribution is -0.123. The van der Waals surface area contributed by atoms with Gasteiger partial charge >= 0.3 is 0 Å². The van der Waals surface area contributed by atoms with E-state index in [0.29, 0.717) is 5.69 Å². The zero-order chi connectivity index (χ0) is 13.1. The second-order valence-electron chi connectivity index (χ2n) is 4.36. The lowest BCUT2D eigenvalue weighted by Gasteiger charge is -2.19. The molecule has 0 atom stereocenters. The molecule has 0 fully saturated rings. The number of amides is 2. The van der Waals surface area contributed by atoms with Gasteiger partial charge in [0, 0.05) is 12.1 Å². The Bertz CT molecular complexity index is 428. The Balaban J connectivity index is 2.67. The van der Waals surface area contributed by atoms with Crippen LogP contribution in [0.2, 0.25) is 0 Å². The van der Waals surface area contributed by atoms with E-state index in [1.807, 2.05) is 0 Å². The van der Waals surface area contributed by atoms with Gasteiger partial charge in [0.1, 0.15) is 6.54 Å². The van der Waals surface area contributed by atoms with Gasteiger partial charge in [-0.2, -0.15) is 5.10 Å². The number of halogens is 1. The largest absolute Gasteiger partial charge is 0.368 e. The highest BCUT2D eigenvalue weighted by Crippen LogP contribution is 2.19. The van der Waals surface area contributed by atoms with Crippen molar-refractivity contribution in [3.63, 3.8) is 0 Å². The Morgan fingerprint density at radius 2 is 2.24 bits per heavy atom. The fraction of sp³-hybridized carbons (Fsp3) is 0.500. The second kappa shape index (κ2) is 5.18. The monoisotopic (exact) mass is 258 g/mol. The molecule has 3 N–H and O–H groups in total. The standard InChI is InChI=1S/C10H15ClN4O2/c1-10(2,6-11)9(17)14-7-3-13-15(4-7)5-8(12)16/h3-4H,5-6H2,1-2H3,(H2,12,16)(H,14,17). The van der Waals surface area contributed by atoms with E-state index in [1.165, 1.54) is 17.1 Å². The Labute approximate surface area is 104 Å². The average molecular weight is 259 g/mol. The number of anilines is 1. The fourth-order valence-corrected chi connectivity index (χ4v) is 1.16. The Morgan fingerprint density at radius 1 is 1.59 bits per heavy atom. The highest BCUT2D eigenvalue weighted by Gasteiger charge is 2.26. The molecule has 0 aliphatic heterocycles. The smallest absolute Gasteiger partial charge is 0.239 e. The minimum atomic E-state index is -0.659. The molecule has 1 heterocycles. The summed E-state index contributed by atoms with van der Waals surface area (Å²) in [6.45, 7) is 3.46.